The van der Waals surface area contributed by atoms with Gasteiger partial charge in [0.15, 0.2) is 6.61 Å². The highest BCUT2D eigenvalue weighted by Gasteiger charge is 2.13. The molecule has 0 fully saturated rings. The Bertz CT molecular complexity index is 737. The monoisotopic (exact) mass is 354 g/mol. The van der Waals surface area contributed by atoms with Gasteiger partial charge in [0.25, 0.3) is 5.91 Å². The predicted molar refractivity (Wildman–Crippen MR) is 103 cm³/mol. The van der Waals surface area contributed by atoms with Crippen LogP contribution in [0.1, 0.15) is 16.7 Å². The van der Waals surface area contributed by atoms with Crippen molar-refractivity contribution in [3.8, 4) is 0 Å². The lowest BCUT2D eigenvalue weighted by molar-refractivity contribution is -0.151. The Morgan fingerprint density at radius 3 is 2.04 bits per heavy atom. The zero-order chi connectivity index (χ0) is 19.1. The molecule has 5 nitrogen and oxygen atoms in total. The van der Waals surface area contributed by atoms with E-state index in [4.69, 9.17) is 4.74 Å². The quantitative estimate of drug-likeness (QED) is 0.718. The summed E-state index contributed by atoms with van der Waals surface area (Å²) >= 11 is 0. The van der Waals surface area contributed by atoms with Crippen LogP contribution in [-0.2, 0) is 27.3 Å². The second-order valence-corrected chi connectivity index (χ2v) is 6.63. The van der Waals surface area contributed by atoms with E-state index >= 15 is 0 Å². The van der Waals surface area contributed by atoms with Crippen molar-refractivity contribution in [3.05, 3.63) is 65.2 Å². The molecule has 1 amide bonds. The number of nitrogens with zero attached hydrogens (tertiary/aromatic N) is 2. The van der Waals surface area contributed by atoms with Gasteiger partial charge in [0.2, 0.25) is 0 Å². The zero-order valence-corrected chi connectivity index (χ0v) is 15.9. The third-order valence-corrected chi connectivity index (χ3v) is 4.12. The maximum atomic E-state index is 12.2. The van der Waals surface area contributed by atoms with Crippen molar-refractivity contribution >= 4 is 17.6 Å². The van der Waals surface area contributed by atoms with Crippen LogP contribution in [0, 0.1) is 6.92 Å². The van der Waals surface area contributed by atoms with E-state index in [2.05, 4.69) is 0 Å². The summed E-state index contributed by atoms with van der Waals surface area (Å²) in [6.07, 6.45) is 0.170. The number of hydrogen-bond acceptors (Lipinski definition) is 4. The molecule has 5 heteroatoms. The first-order valence-corrected chi connectivity index (χ1v) is 8.56. The first-order chi connectivity index (χ1) is 12.3. The molecule has 0 aliphatic carbocycles. The normalized spacial score (nSPS) is 10.3. The second kappa shape index (κ2) is 9.04. The number of esters is 1. The number of carbonyl (C=O) groups is 2. The summed E-state index contributed by atoms with van der Waals surface area (Å²) in [4.78, 5) is 27.6. The van der Waals surface area contributed by atoms with Crippen molar-refractivity contribution in [3.63, 3.8) is 0 Å². The van der Waals surface area contributed by atoms with Crippen LogP contribution in [0.5, 0.6) is 0 Å². The Hall–Kier alpha value is -2.82. The minimum atomic E-state index is -0.397. The van der Waals surface area contributed by atoms with Gasteiger partial charge in [-0.3, -0.25) is 9.59 Å². The van der Waals surface area contributed by atoms with Crippen LogP contribution < -0.4 is 4.90 Å². The molecule has 2 aromatic carbocycles. The second-order valence-electron chi connectivity index (χ2n) is 6.63. The summed E-state index contributed by atoms with van der Waals surface area (Å²) < 4.78 is 5.11. The molecule has 0 heterocycles. The number of carbonyl (C=O) groups excluding carboxylic acids is 2. The maximum absolute atomic E-state index is 12.2. The average Bonchev–Trinajstić information content (AvgIpc) is 2.62. The molecule has 2 rings (SSSR count). The van der Waals surface area contributed by atoms with E-state index in [1.807, 2.05) is 74.4 Å². The molecule has 0 saturated heterocycles. The topological polar surface area (TPSA) is 49.9 Å². The summed E-state index contributed by atoms with van der Waals surface area (Å²) in [5.74, 6) is -0.620. The number of amides is 1. The van der Waals surface area contributed by atoms with Gasteiger partial charge >= 0.3 is 5.97 Å². The molecule has 0 radical (unpaired) electrons. The molecular formula is C21H26N2O3. The molecule has 0 aliphatic heterocycles. The Labute approximate surface area is 155 Å². The molecule has 0 unspecified atom stereocenters. The van der Waals surface area contributed by atoms with Gasteiger partial charge in [-0.05, 0) is 30.2 Å². The number of benzene rings is 2. The summed E-state index contributed by atoms with van der Waals surface area (Å²) in [5, 5.41) is 0. The van der Waals surface area contributed by atoms with E-state index in [9.17, 15) is 9.59 Å². The fourth-order valence-electron chi connectivity index (χ4n) is 2.44. The van der Waals surface area contributed by atoms with Crippen LogP contribution in [0.15, 0.2) is 48.5 Å². The molecule has 0 bridgehead atoms. The van der Waals surface area contributed by atoms with Crippen LogP contribution in [0.3, 0.4) is 0 Å². The van der Waals surface area contributed by atoms with Crippen LogP contribution in [-0.4, -0.2) is 44.5 Å². The number of hydrogen-bond donors (Lipinski definition) is 0. The van der Waals surface area contributed by atoms with Gasteiger partial charge in [-0.25, -0.2) is 0 Å². The molecule has 0 N–H and O–H groups in total. The smallest absolute Gasteiger partial charge is 0.310 e. The van der Waals surface area contributed by atoms with Crippen molar-refractivity contribution in [1.29, 1.82) is 0 Å². The SMILES string of the molecule is Cc1ccc(CC(=O)OCC(=O)N(C)Cc2ccc(N(C)C)cc2)cc1. The van der Waals surface area contributed by atoms with Gasteiger partial charge in [0, 0.05) is 33.4 Å². The van der Waals surface area contributed by atoms with Gasteiger partial charge in [-0.1, -0.05) is 42.0 Å². The summed E-state index contributed by atoms with van der Waals surface area (Å²) in [6, 6.07) is 15.7. The van der Waals surface area contributed by atoms with Crippen LogP contribution in [0.2, 0.25) is 0 Å². The summed E-state index contributed by atoms with van der Waals surface area (Å²) in [7, 11) is 5.67. The summed E-state index contributed by atoms with van der Waals surface area (Å²) in [6.45, 7) is 2.23. The first kappa shape index (κ1) is 19.5. The molecule has 0 aromatic heterocycles. The van der Waals surface area contributed by atoms with E-state index in [0.29, 0.717) is 6.54 Å². The highest BCUT2D eigenvalue weighted by Crippen LogP contribution is 2.13. The van der Waals surface area contributed by atoms with Gasteiger partial charge in [-0.15, -0.1) is 0 Å². The Balaban J connectivity index is 1.79. The Morgan fingerprint density at radius 2 is 1.46 bits per heavy atom. The molecule has 0 saturated carbocycles. The van der Waals surface area contributed by atoms with Crippen molar-refractivity contribution in [2.75, 3.05) is 32.6 Å². The first-order valence-electron chi connectivity index (χ1n) is 8.56. The molecule has 138 valence electrons. The molecule has 0 atom stereocenters. The Kier molecular flexibility index (Phi) is 6.78. The summed E-state index contributed by atoms with van der Waals surface area (Å²) in [5.41, 5.74) is 4.14. The fraction of sp³-hybridized carbons (Fsp3) is 0.333. The zero-order valence-electron chi connectivity index (χ0n) is 15.9. The van der Waals surface area contributed by atoms with Crippen molar-refractivity contribution < 1.29 is 14.3 Å². The maximum Gasteiger partial charge on any atom is 0.310 e. The minimum absolute atomic E-state index is 0.170. The standard InChI is InChI=1S/C21H26N2O3/c1-16-5-7-17(8-6-16)13-21(25)26-15-20(24)23(4)14-18-9-11-19(12-10-18)22(2)3/h5-12H,13-15H2,1-4H3. The average molecular weight is 354 g/mol. The third-order valence-electron chi connectivity index (χ3n) is 4.12. The molecule has 0 spiro atoms. The number of likely N-dealkylation sites (N-methyl/N-ethyl adjacent to an activating group) is 1. The fourth-order valence-corrected chi connectivity index (χ4v) is 2.44. The van der Waals surface area contributed by atoms with E-state index in [1.165, 1.54) is 0 Å². The molecule has 0 aliphatic rings. The number of ether oxygens (including phenoxy) is 1. The van der Waals surface area contributed by atoms with Crippen molar-refractivity contribution in [1.82, 2.24) is 4.90 Å². The number of aryl methyl sites for hydroxylation is 1. The largest absolute Gasteiger partial charge is 0.455 e. The molecule has 26 heavy (non-hydrogen) atoms. The highest BCUT2D eigenvalue weighted by molar-refractivity contribution is 5.81. The minimum Gasteiger partial charge on any atom is -0.455 e. The van der Waals surface area contributed by atoms with E-state index in [0.717, 1.165) is 22.4 Å². The van der Waals surface area contributed by atoms with Crippen LogP contribution in [0.25, 0.3) is 0 Å². The Morgan fingerprint density at radius 1 is 0.885 bits per heavy atom. The molecular weight excluding hydrogens is 328 g/mol. The van der Waals surface area contributed by atoms with Crippen molar-refractivity contribution in [2.24, 2.45) is 0 Å². The lowest BCUT2D eigenvalue weighted by Crippen LogP contribution is -2.31. The van der Waals surface area contributed by atoms with Gasteiger partial charge < -0.3 is 14.5 Å². The third kappa shape index (κ3) is 5.92. The van der Waals surface area contributed by atoms with Gasteiger partial charge in [0.05, 0.1) is 6.42 Å². The predicted octanol–water partition coefficient (Wildman–Crippen LogP) is 2.81. The van der Waals surface area contributed by atoms with Crippen LogP contribution in [0.4, 0.5) is 5.69 Å². The van der Waals surface area contributed by atoms with Gasteiger partial charge in [0.1, 0.15) is 0 Å². The van der Waals surface area contributed by atoms with Gasteiger partial charge in [-0.2, -0.15) is 0 Å². The molecule has 2 aromatic rings. The van der Waals surface area contributed by atoms with E-state index in [-0.39, 0.29) is 18.9 Å². The number of rotatable bonds is 7. The van der Waals surface area contributed by atoms with Crippen LogP contribution >= 0.6 is 0 Å². The van der Waals surface area contributed by atoms with Crippen molar-refractivity contribution in [2.45, 2.75) is 19.9 Å². The van der Waals surface area contributed by atoms with E-state index in [1.54, 1.807) is 11.9 Å². The van der Waals surface area contributed by atoms with E-state index < -0.39 is 5.97 Å². The lowest BCUT2D eigenvalue weighted by atomic mass is 10.1. The highest BCUT2D eigenvalue weighted by atomic mass is 16.5. The lowest BCUT2D eigenvalue weighted by Gasteiger charge is -2.18. The number of anilines is 1.